The first-order valence-corrected chi connectivity index (χ1v) is 4.40. The number of nitrogens with zero attached hydrogens (tertiary/aromatic N) is 1. The smallest absolute Gasteiger partial charge is 0.287 e. The first kappa shape index (κ1) is 9.34. The van der Waals surface area contributed by atoms with Gasteiger partial charge in [0.15, 0.2) is 0 Å². The maximum atomic E-state index is 10.1. The fourth-order valence-corrected chi connectivity index (χ4v) is 1.06. The lowest BCUT2D eigenvalue weighted by Gasteiger charge is -2.17. The van der Waals surface area contributed by atoms with Crippen molar-refractivity contribution in [1.29, 1.82) is 0 Å². The van der Waals surface area contributed by atoms with Crippen molar-refractivity contribution < 1.29 is 28.5 Å². The summed E-state index contributed by atoms with van der Waals surface area (Å²) >= 11 is 0. The molecule has 0 N–H and O–H groups in total. The molecule has 0 unspecified atom stereocenters. The molecule has 5 nitrogen and oxygen atoms in total. The summed E-state index contributed by atoms with van der Waals surface area (Å²) in [6, 6.07) is 0. The summed E-state index contributed by atoms with van der Waals surface area (Å²) in [4.78, 5) is 1.81. The van der Waals surface area contributed by atoms with E-state index in [2.05, 4.69) is 4.29 Å². The van der Waals surface area contributed by atoms with E-state index in [-0.39, 0.29) is 5.76 Å². The van der Waals surface area contributed by atoms with E-state index >= 15 is 0 Å². The zero-order chi connectivity index (χ0) is 9.19. The van der Waals surface area contributed by atoms with Gasteiger partial charge < -0.3 is 4.90 Å². The van der Waals surface area contributed by atoms with Crippen molar-refractivity contribution in [2.24, 2.45) is 0 Å². The van der Waals surface area contributed by atoms with Gasteiger partial charge in [-0.2, -0.15) is 14.0 Å². The molecule has 0 aromatic rings. The van der Waals surface area contributed by atoms with Gasteiger partial charge in [-0.1, -0.05) is 4.29 Å². The van der Waals surface area contributed by atoms with Crippen molar-refractivity contribution in [1.82, 2.24) is 4.90 Å². The zero-order valence-electron chi connectivity index (χ0n) is 6.40. The highest BCUT2D eigenvalue weighted by Crippen LogP contribution is 2.09. The van der Waals surface area contributed by atoms with Gasteiger partial charge in [0.25, 0.3) is 5.76 Å². The average molecular weight is 194 g/mol. The van der Waals surface area contributed by atoms with Crippen LogP contribution in [0.3, 0.4) is 0 Å². The van der Waals surface area contributed by atoms with Crippen LogP contribution in [-0.4, -0.2) is 18.5 Å². The highest BCUT2D eigenvalue weighted by atomic mass is 35.7. The Balaban J connectivity index is 2.51. The highest BCUT2D eigenvalue weighted by Gasteiger charge is 2.21. The van der Waals surface area contributed by atoms with Crippen molar-refractivity contribution in [3.8, 4) is 0 Å². The van der Waals surface area contributed by atoms with Crippen molar-refractivity contribution in [3.63, 3.8) is 0 Å². The van der Waals surface area contributed by atoms with Crippen LogP contribution in [-0.2, 0) is 4.29 Å². The SMILES string of the molecule is CN1C=CC(O[Cl+3]([O-])([O-])[O-])=CC1. The van der Waals surface area contributed by atoms with Crippen molar-refractivity contribution in [2.45, 2.75) is 0 Å². The van der Waals surface area contributed by atoms with E-state index in [9.17, 15) is 14.0 Å². The van der Waals surface area contributed by atoms with Crippen molar-refractivity contribution in [2.75, 3.05) is 13.6 Å². The van der Waals surface area contributed by atoms with Crippen LogP contribution in [0.15, 0.2) is 24.1 Å². The Hall–Kier alpha value is -0.750. The van der Waals surface area contributed by atoms with E-state index in [1.165, 1.54) is 12.2 Å². The molecule has 0 saturated heterocycles. The maximum absolute atomic E-state index is 10.1. The summed E-state index contributed by atoms with van der Waals surface area (Å²) in [6.45, 7) is 0.525. The van der Waals surface area contributed by atoms with E-state index in [0.29, 0.717) is 6.54 Å². The van der Waals surface area contributed by atoms with Crippen LogP contribution in [0.4, 0.5) is 0 Å². The summed E-state index contributed by atoms with van der Waals surface area (Å²) in [7, 11) is -2.55. The fourth-order valence-electron chi connectivity index (χ4n) is 0.730. The molecular weight excluding hydrogens is 186 g/mol. The molecule has 0 bridgehead atoms. The summed E-state index contributed by atoms with van der Waals surface area (Å²) in [6.07, 6.45) is 4.53. The van der Waals surface area contributed by atoms with Crippen LogP contribution in [0.1, 0.15) is 0 Å². The highest BCUT2D eigenvalue weighted by molar-refractivity contribution is 5.15. The predicted molar refractivity (Wildman–Crippen MR) is 30.9 cm³/mol. The maximum Gasteiger partial charge on any atom is 0.287 e. The molecule has 0 aliphatic carbocycles. The minimum Gasteiger partial charge on any atom is -0.376 e. The lowest BCUT2D eigenvalue weighted by molar-refractivity contribution is -1.92. The molecule has 1 rings (SSSR count). The number of hydrogen-bond acceptors (Lipinski definition) is 5. The van der Waals surface area contributed by atoms with Crippen molar-refractivity contribution >= 4 is 0 Å². The lowest BCUT2D eigenvalue weighted by Crippen LogP contribution is -2.60. The first-order valence-electron chi connectivity index (χ1n) is 3.16. The number of hydrogen-bond donors (Lipinski definition) is 0. The number of halogens is 1. The number of allylic oxidation sites excluding steroid dienone is 1. The third-order valence-corrected chi connectivity index (χ3v) is 1.62. The quantitative estimate of drug-likeness (QED) is 0.475. The third-order valence-electron chi connectivity index (χ3n) is 1.26. The molecule has 12 heavy (non-hydrogen) atoms. The lowest BCUT2D eigenvalue weighted by atomic mass is 10.3. The van der Waals surface area contributed by atoms with Gasteiger partial charge >= 0.3 is 0 Å². The standard InChI is InChI=1S/C6H8ClNO4/c1-8-4-2-6(3-5-8)12-7(9,10)11/h2-4H,5H2,1H3. The monoisotopic (exact) mass is 193 g/mol. The summed E-state index contributed by atoms with van der Waals surface area (Å²) < 4.78 is 34.3. The second kappa shape index (κ2) is 3.32. The topological polar surface area (TPSA) is 81.7 Å². The van der Waals surface area contributed by atoms with E-state index < -0.39 is 10.2 Å². The molecular formula is C6H8ClNO4. The minimum absolute atomic E-state index is 0.0600. The van der Waals surface area contributed by atoms with Gasteiger partial charge in [0, 0.05) is 25.9 Å². The molecule has 1 aliphatic rings. The average Bonchev–Trinajstić information content (AvgIpc) is 1.91. The third kappa shape index (κ3) is 3.10. The summed E-state index contributed by atoms with van der Waals surface area (Å²) in [5, 5.41) is 0. The Bertz CT molecular complexity index is 220. The van der Waals surface area contributed by atoms with Gasteiger partial charge in [-0.25, -0.2) is 0 Å². The largest absolute Gasteiger partial charge is 0.376 e. The molecule has 6 heteroatoms. The first-order chi connectivity index (χ1) is 5.47. The predicted octanol–water partition coefficient (Wildman–Crippen LogP) is -2.76. The summed E-state index contributed by atoms with van der Waals surface area (Å²) in [5.41, 5.74) is 0. The van der Waals surface area contributed by atoms with Crippen LogP contribution >= 0.6 is 0 Å². The van der Waals surface area contributed by atoms with Gasteiger partial charge in [0.1, 0.15) is 10.2 Å². The van der Waals surface area contributed by atoms with Gasteiger partial charge in [-0.05, 0) is 6.08 Å². The molecule has 0 aromatic carbocycles. The van der Waals surface area contributed by atoms with E-state index in [1.54, 1.807) is 11.1 Å². The second-order valence-corrected chi connectivity index (χ2v) is 3.23. The molecule has 0 atom stereocenters. The van der Waals surface area contributed by atoms with Gasteiger partial charge in [-0.15, -0.1) is 0 Å². The zero-order valence-corrected chi connectivity index (χ0v) is 7.15. The van der Waals surface area contributed by atoms with E-state index in [0.717, 1.165) is 0 Å². The Morgan fingerprint density at radius 1 is 1.50 bits per heavy atom. The molecule has 0 amide bonds. The van der Waals surface area contributed by atoms with E-state index in [1.807, 2.05) is 7.05 Å². The Morgan fingerprint density at radius 2 is 2.17 bits per heavy atom. The Labute approximate surface area is 71.9 Å². The number of rotatable bonds is 2. The second-order valence-electron chi connectivity index (χ2n) is 2.32. The van der Waals surface area contributed by atoms with E-state index in [4.69, 9.17) is 0 Å². The Kier molecular flexibility index (Phi) is 2.58. The molecule has 1 heterocycles. The van der Waals surface area contributed by atoms with Crippen LogP contribution in [0.5, 0.6) is 0 Å². The Morgan fingerprint density at radius 3 is 2.58 bits per heavy atom. The molecule has 0 saturated carbocycles. The molecule has 0 radical (unpaired) electrons. The van der Waals surface area contributed by atoms with Crippen molar-refractivity contribution in [3.05, 3.63) is 24.1 Å². The molecule has 1 aliphatic heterocycles. The number of likely N-dealkylation sites (N-methyl/N-ethyl adjacent to an activating group) is 1. The van der Waals surface area contributed by atoms with Crippen LogP contribution < -0.4 is 14.0 Å². The van der Waals surface area contributed by atoms with Crippen LogP contribution in [0.25, 0.3) is 0 Å². The fraction of sp³-hybridized carbons (Fsp3) is 0.333. The van der Waals surface area contributed by atoms with Gasteiger partial charge in [0.2, 0.25) is 0 Å². The summed E-state index contributed by atoms with van der Waals surface area (Å²) in [5.74, 6) is 0.0600. The van der Waals surface area contributed by atoms with Gasteiger partial charge in [-0.3, -0.25) is 0 Å². The normalized spacial score (nSPS) is 17.7. The minimum atomic E-state index is -4.37. The molecule has 68 valence electrons. The van der Waals surface area contributed by atoms with Gasteiger partial charge in [0.05, 0.1) is 0 Å². The molecule has 0 fully saturated rings. The molecule has 0 aromatic heterocycles. The molecule has 0 spiro atoms. The van der Waals surface area contributed by atoms with Crippen LogP contribution in [0.2, 0.25) is 0 Å². The van der Waals surface area contributed by atoms with Crippen LogP contribution in [0, 0.1) is 10.2 Å².